The Labute approximate surface area is 144 Å². The van der Waals surface area contributed by atoms with Crippen LogP contribution < -0.4 is 19.3 Å². The van der Waals surface area contributed by atoms with Gasteiger partial charge in [0.25, 0.3) is 0 Å². The van der Waals surface area contributed by atoms with Crippen molar-refractivity contribution in [2.75, 3.05) is 13.9 Å². The number of sulfonamides is 1. The number of ether oxygens (including phenoxy) is 3. The Bertz CT molecular complexity index is 965. The van der Waals surface area contributed by atoms with E-state index in [0.717, 1.165) is 5.56 Å². The lowest BCUT2D eigenvalue weighted by Crippen LogP contribution is -2.14. The molecule has 0 spiro atoms. The number of methoxy groups -OCH3 is 1. The first-order valence-electron chi connectivity index (χ1n) is 7.21. The highest BCUT2D eigenvalue weighted by molar-refractivity contribution is 7.89. The zero-order valence-corrected chi connectivity index (χ0v) is 14.1. The van der Waals surface area contributed by atoms with Crippen molar-refractivity contribution in [2.24, 2.45) is 5.14 Å². The molecule has 2 aromatic rings. The van der Waals surface area contributed by atoms with Crippen molar-refractivity contribution in [3.05, 3.63) is 53.6 Å². The molecule has 0 saturated carbocycles. The lowest BCUT2D eigenvalue weighted by Gasteiger charge is -2.07. The summed E-state index contributed by atoms with van der Waals surface area (Å²) >= 11 is 0. The molecule has 0 atom stereocenters. The molecule has 2 aromatic carbocycles. The van der Waals surface area contributed by atoms with Gasteiger partial charge in [-0.25, -0.2) is 13.6 Å². The van der Waals surface area contributed by atoms with Gasteiger partial charge in [-0.05, 0) is 42.0 Å². The van der Waals surface area contributed by atoms with Crippen LogP contribution in [-0.4, -0.2) is 28.1 Å². The number of nitrogens with two attached hydrogens (primary N) is 1. The Hall–Kier alpha value is -2.84. The van der Waals surface area contributed by atoms with Gasteiger partial charge in [0, 0.05) is 5.56 Å². The number of primary sulfonamides is 1. The molecular weight excluding hydrogens is 346 g/mol. The Morgan fingerprint density at radius 3 is 2.64 bits per heavy atom. The van der Waals surface area contributed by atoms with Gasteiger partial charge in [-0.3, -0.25) is 4.79 Å². The summed E-state index contributed by atoms with van der Waals surface area (Å²) in [5, 5.41) is 5.16. The average Bonchev–Trinajstić information content (AvgIpc) is 3.06. The van der Waals surface area contributed by atoms with E-state index in [1.54, 1.807) is 24.3 Å². The minimum atomic E-state index is -4.01. The van der Waals surface area contributed by atoms with Crippen molar-refractivity contribution in [1.29, 1.82) is 0 Å². The van der Waals surface area contributed by atoms with Crippen LogP contribution in [0.15, 0.2) is 47.4 Å². The van der Waals surface area contributed by atoms with Crippen LogP contribution in [0.25, 0.3) is 6.08 Å². The summed E-state index contributed by atoms with van der Waals surface area (Å²) in [7, 11) is -2.68. The first-order chi connectivity index (χ1) is 11.9. The number of carbonyl (C=O) groups excluding carboxylic acids is 1. The Morgan fingerprint density at radius 2 is 1.92 bits per heavy atom. The van der Waals surface area contributed by atoms with E-state index in [-0.39, 0.29) is 28.8 Å². The fourth-order valence-corrected chi connectivity index (χ4v) is 3.06. The molecule has 0 radical (unpaired) electrons. The standard InChI is InChI=1S/C17H15NO6S/c1-22-15-7-4-12(9-17(15)25(18,20)21)13(19)5-2-11-3-6-14-16(8-11)24-10-23-14/h2-9H,10H2,1H3,(H2,18,20,21)/b5-2+. The molecule has 1 aliphatic heterocycles. The summed E-state index contributed by atoms with van der Waals surface area (Å²) in [6, 6.07) is 9.33. The summed E-state index contributed by atoms with van der Waals surface area (Å²) in [6.07, 6.45) is 2.94. The smallest absolute Gasteiger partial charge is 0.241 e. The van der Waals surface area contributed by atoms with Crippen molar-refractivity contribution in [3.63, 3.8) is 0 Å². The third-order valence-corrected chi connectivity index (χ3v) is 4.51. The van der Waals surface area contributed by atoms with Crippen LogP contribution in [0.2, 0.25) is 0 Å². The SMILES string of the molecule is COc1ccc(C(=O)/C=C/c2ccc3c(c2)OCO3)cc1S(N)(=O)=O. The summed E-state index contributed by atoms with van der Waals surface area (Å²) < 4.78 is 38.7. The van der Waals surface area contributed by atoms with Crippen LogP contribution in [0, 0.1) is 0 Å². The molecule has 1 heterocycles. The number of benzene rings is 2. The second-order valence-corrected chi connectivity index (χ2v) is 6.75. The lowest BCUT2D eigenvalue weighted by molar-refractivity contribution is 0.104. The zero-order valence-electron chi connectivity index (χ0n) is 13.3. The fourth-order valence-electron chi connectivity index (χ4n) is 2.34. The van der Waals surface area contributed by atoms with E-state index in [4.69, 9.17) is 19.3 Å². The van der Waals surface area contributed by atoms with Crippen LogP contribution >= 0.6 is 0 Å². The van der Waals surface area contributed by atoms with Gasteiger partial charge in [0.2, 0.25) is 16.8 Å². The highest BCUT2D eigenvalue weighted by Gasteiger charge is 2.17. The van der Waals surface area contributed by atoms with Gasteiger partial charge in [0.1, 0.15) is 10.6 Å². The van der Waals surface area contributed by atoms with Crippen LogP contribution in [0.3, 0.4) is 0 Å². The second kappa shape index (κ2) is 6.58. The molecule has 0 fully saturated rings. The van der Waals surface area contributed by atoms with Gasteiger partial charge in [-0.15, -0.1) is 0 Å². The number of hydrogen-bond donors (Lipinski definition) is 1. The molecule has 0 bridgehead atoms. The zero-order chi connectivity index (χ0) is 18.0. The highest BCUT2D eigenvalue weighted by atomic mass is 32.2. The third kappa shape index (κ3) is 3.65. The maximum atomic E-state index is 12.3. The number of carbonyl (C=O) groups is 1. The molecule has 7 nitrogen and oxygen atoms in total. The maximum absolute atomic E-state index is 12.3. The quantitative estimate of drug-likeness (QED) is 0.645. The monoisotopic (exact) mass is 361 g/mol. The number of allylic oxidation sites excluding steroid dienone is 1. The molecule has 25 heavy (non-hydrogen) atoms. The topological polar surface area (TPSA) is 105 Å². The highest BCUT2D eigenvalue weighted by Crippen LogP contribution is 2.32. The fraction of sp³-hybridized carbons (Fsp3) is 0.118. The third-order valence-electron chi connectivity index (χ3n) is 3.58. The van der Waals surface area contributed by atoms with E-state index in [1.165, 1.54) is 31.4 Å². The van der Waals surface area contributed by atoms with E-state index >= 15 is 0 Å². The minimum absolute atomic E-state index is 0.0822. The molecule has 0 unspecified atom stereocenters. The van der Waals surface area contributed by atoms with Crippen molar-refractivity contribution < 1.29 is 27.4 Å². The number of ketones is 1. The molecule has 130 valence electrons. The maximum Gasteiger partial charge on any atom is 0.241 e. The molecule has 0 saturated heterocycles. The Morgan fingerprint density at radius 1 is 1.16 bits per heavy atom. The summed E-state index contributed by atoms with van der Waals surface area (Å²) in [5.41, 5.74) is 0.930. The van der Waals surface area contributed by atoms with Crippen LogP contribution in [0.4, 0.5) is 0 Å². The van der Waals surface area contributed by atoms with E-state index < -0.39 is 10.0 Å². The molecular formula is C17H15NO6S. The van der Waals surface area contributed by atoms with Gasteiger partial charge in [-0.1, -0.05) is 12.1 Å². The first-order valence-corrected chi connectivity index (χ1v) is 8.76. The predicted molar refractivity (Wildman–Crippen MR) is 90.3 cm³/mol. The van der Waals surface area contributed by atoms with Gasteiger partial charge < -0.3 is 14.2 Å². The number of fused-ring (bicyclic) bond motifs is 1. The van der Waals surface area contributed by atoms with E-state index in [0.29, 0.717) is 11.5 Å². The molecule has 2 N–H and O–H groups in total. The average molecular weight is 361 g/mol. The molecule has 0 amide bonds. The predicted octanol–water partition coefficient (Wildman–Crippen LogP) is 1.97. The van der Waals surface area contributed by atoms with E-state index in [2.05, 4.69) is 0 Å². The largest absolute Gasteiger partial charge is 0.495 e. The van der Waals surface area contributed by atoms with E-state index in [9.17, 15) is 13.2 Å². The molecule has 0 aromatic heterocycles. The van der Waals surface area contributed by atoms with Crippen molar-refractivity contribution in [2.45, 2.75) is 4.90 Å². The molecule has 1 aliphatic rings. The van der Waals surface area contributed by atoms with Gasteiger partial charge in [-0.2, -0.15) is 0 Å². The van der Waals surface area contributed by atoms with Crippen LogP contribution in [-0.2, 0) is 10.0 Å². The molecule has 0 aliphatic carbocycles. The normalized spacial score (nSPS) is 13.2. The number of rotatable bonds is 5. The van der Waals surface area contributed by atoms with Crippen LogP contribution in [0.5, 0.6) is 17.2 Å². The Kier molecular flexibility index (Phi) is 4.47. The summed E-state index contributed by atoms with van der Waals surface area (Å²) in [4.78, 5) is 12.1. The second-order valence-electron chi connectivity index (χ2n) is 5.22. The molecule has 3 rings (SSSR count). The van der Waals surface area contributed by atoms with Crippen molar-refractivity contribution in [3.8, 4) is 17.2 Å². The van der Waals surface area contributed by atoms with Crippen LogP contribution in [0.1, 0.15) is 15.9 Å². The Balaban J connectivity index is 1.86. The summed E-state index contributed by atoms with van der Waals surface area (Å²) in [6.45, 7) is 0.170. The van der Waals surface area contributed by atoms with E-state index in [1.807, 2.05) is 0 Å². The van der Waals surface area contributed by atoms with Crippen molar-refractivity contribution >= 4 is 21.9 Å². The summed E-state index contributed by atoms with van der Waals surface area (Å²) in [5.74, 6) is 0.969. The van der Waals surface area contributed by atoms with Gasteiger partial charge in [0.15, 0.2) is 17.3 Å². The lowest BCUT2D eigenvalue weighted by atomic mass is 10.1. The number of hydrogen-bond acceptors (Lipinski definition) is 6. The van der Waals surface area contributed by atoms with Gasteiger partial charge >= 0.3 is 0 Å². The first kappa shape index (κ1) is 17.0. The van der Waals surface area contributed by atoms with Gasteiger partial charge in [0.05, 0.1) is 7.11 Å². The minimum Gasteiger partial charge on any atom is -0.495 e. The molecule has 8 heteroatoms. The van der Waals surface area contributed by atoms with Crippen molar-refractivity contribution in [1.82, 2.24) is 0 Å².